The number of nitrogens with one attached hydrogen (secondary N) is 1. The molecule has 3 rings (SSSR count). The van der Waals surface area contributed by atoms with Crippen LogP contribution in [0, 0.1) is 5.92 Å². The predicted octanol–water partition coefficient (Wildman–Crippen LogP) is -0.247. The summed E-state index contributed by atoms with van der Waals surface area (Å²) in [6.45, 7) is 7.41. The van der Waals surface area contributed by atoms with Gasteiger partial charge in [0.05, 0.1) is 12.5 Å². The molecule has 3 saturated heterocycles. The Morgan fingerprint density at radius 2 is 1.64 bits per heavy atom. The van der Waals surface area contributed by atoms with Crippen LogP contribution in [0.5, 0.6) is 0 Å². The van der Waals surface area contributed by atoms with E-state index in [4.69, 9.17) is 0 Å². The van der Waals surface area contributed by atoms with Crippen molar-refractivity contribution >= 4 is 11.8 Å². The SMILES string of the molecule is O=C(CN1CCN(C(=O)C2CCCNC2)CC1)N1CCCC1. The molecule has 0 spiro atoms. The average molecular weight is 308 g/mol. The molecule has 22 heavy (non-hydrogen) atoms. The third kappa shape index (κ3) is 3.79. The number of rotatable bonds is 3. The van der Waals surface area contributed by atoms with E-state index in [2.05, 4.69) is 10.2 Å². The molecule has 0 radical (unpaired) electrons. The Labute approximate surface area is 132 Å². The first-order valence-electron chi connectivity index (χ1n) is 8.73. The second-order valence-electron chi connectivity index (χ2n) is 6.73. The van der Waals surface area contributed by atoms with E-state index in [9.17, 15) is 9.59 Å². The van der Waals surface area contributed by atoms with Crippen LogP contribution in [-0.4, -0.2) is 85.4 Å². The fraction of sp³-hybridized carbons (Fsp3) is 0.875. The summed E-state index contributed by atoms with van der Waals surface area (Å²) >= 11 is 0. The van der Waals surface area contributed by atoms with Crippen LogP contribution in [0.2, 0.25) is 0 Å². The number of carbonyl (C=O) groups is 2. The summed E-state index contributed by atoms with van der Waals surface area (Å²) in [5.41, 5.74) is 0. The topological polar surface area (TPSA) is 55.9 Å². The Balaban J connectivity index is 1.41. The first kappa shape index (κ1) is 15.7. The molecule has 3 heterocycles. The highest BCUT2D eigenvalue weighted by molar-refractivity contribution is 5.80. The minimum atomic E-state index is 0.159. The largest absolute Gasteiger partial charge is 0.342 e. The van der Waals surface area contributed by atoms with Gasteiger partial charge in [0, 0.05) is 45.8 Å². The monoisotopic (exact) mass is 308 g/mol. The molecule has 0 bridgehead atoms. The van der Waals surface area contributed by atoms with E-state index in [1.807, 2.05) is 9.80 Å². The van der Waals surface area contributed by atoms with Gasteiger partial charge < -0.3 is 15.1 Å². The minimum Gasteiger partial charge on any atom is -0.342 e. The molecule has 3 fully saturated rings. The fourth-order valence-electron chi connectivity index (χ4n) is 3.70. The van der Waals surface area contributed by atoms with Crippen LogP contribution in [-0.2, 0) is 9.59 Å². The highest BCUT2D eigenvalue weighted by Gasteiger charge is 2.29. The maximum atomic E-state index is 12.5. The van der Waals surface area contributed by atoms with Gasteiger partial charge in [-0.2, -0.15) is 0 Å². The van der Waals surface area contributed by atoms with Gasteiger partial charge in [0.25, 0.3) is 0 Å². The quantitative estimate of drug-likeness (QED) is 0.781. The zero-order chi connectivity index (χ0) is 15.4. The van der Waals surface area contributed by atoms with E-state index in [-0.39, 0.29) is 11.8 Å². The summed E-state index contributed by atoms with van der Waals surface area (Å²) in [5.74, 6) is 0.720. The van der Waals surface area contributed by atoms with Gasteiger partial charge in [-0.05, 0) is 32.2 Å². The van der Waals surface area contributed by atoms with Gasteiger partial charge in [-0.1, -0.05) is 0 Å². The maximum Gasteiger partial charge on any atom is 0.236 e. The zero-order valence-electron chi connectivity index (χ0n) is 13.4. The van der Waals surface area contributed by atoms with Gasteiger partial charge in [-0.3, -0.25) is 14.5 Å². The summed E-state index contributed by atoms with van der Waals surface area (Å²) in [4.78, 5) is 30.8. The number of piperidine rings is 1. The molecule has 6 nitrogen and oxygen atoms in total. The number of amides is 2. The molecule has 2 amide bonds. The summed E-state index contributed by atoms with van der Waals surface area (Å²) in [6.07, 6.45) is 4.40. The normalized spacial score (nSPS) is 27.2. The lowest BCUT2D eigenvalue weighted by atomic mass is 9.98. The number of piperazine rings is 1. The molecule has 6 heteroatoms. The van der Waals surface area contributed by atoms with Crippen LogP contribution >= 0.6 is 0 Å². The molecule has 0 aromatic carbocycles. The van der Waals surface area contributed by atoms with Gasteiger partial charge in [-0.15, -0.1) is 0 Å². The molecule has 3 aliphatic rings. The summed E-state index contributed by atoms with van der Waals surface area (Å²) < 4.78 is 0. The third-order valence-electron chi connectivity index (χ3n) is 5.15. The van der Waals surface area contributed by atoms with Crippen LogP contribution in [0.25, 0.3) is 0 Å². The lowest BCUT2D eigenvalue weighted by Gasteiger charge is -2.37. The number of hydrogen-bond donors (Lipinski definition) is 1. The van der Waals surface area contributed by atoms with E-state index >= 15 is 0 Å². The first-order valence-corrected chi connectivity index (χ1v) is 8.73. The van der Waals surface area contributed by atoms with Crippen molar-refractivity contribution in [1.82, 2.24) is 20.0 Å². The second-order valence-corrected chi connectivity index (χ2v) is 6.73. The van der Waals surface area contributed by atoms with Gasteiger partial charge in [0.2, 0.25) is 11.8 Å². The van der Waals surface area contributed by atoms with Crippen molar-refractivity contribution < 1.29 is 9.59 Å². The van der Waals surface area contributed by atoms with Gasteiger partial charge in [0.1, 0.15) is 0 Å². The molecule has 124 valence electrons. The van der Waals surface area contributed by atoms with Crippen molar-refractivity contribution in [2.45, 2.75) is 25.7 Å². The van der Waals surface area contributed by atoms with Crippen molar-refractivity contribution in [3.05, 3.63) is 0 Å². The van der Waals surface area contributed by atoms with E-state index < -0.39 is 0 Å². The molecule has 0 aliphatic carbocycles. The van der Waals surface area contributed by atoms with Crippen LogP contribution < -0.4 is 5.32 Å². The molecule has 1 atom stereocenters. The molecular weight excluding hydrogens is 280 g/mol. The van der Waals surface area contributed by atoms with E-state index in [1.165, 1.54) is 0 Å². The van der Waals surface area contributed by atoms with Gasteiger partial charge in [-0.25, -0.2) is 0 Å². The number of hydrogen-bond acceptors (Lipinski definition) is 4. The number of nitrogens with zero attached hydrogens (tertiary/aromatic N) is 3. The molecular formula is C16H28N4O2. The van der Waals surface area contributed by atoms with Crippen LogP contribution in [0.15, 0.2) is 0 Å². The van der Waals surface area contributed by atoms with E-state index in [0.717, 1.165) is 78.0 Å². The van der Waals surface area contributed by atoms with Crippen LogP contribution in [0.3, 0.4) is 0 Å². The van der Waals surface area contributed by atoms with Crippen molar-refractivity contribution in [2.75, 3.05) is 58.9 Å². The van der Waals surface area contributed by atoms with Crippen LogP contribution in [0.4, 0.5) is 0 Å². The molecule has 1 unspecified atom stereocenters. The van der Waals surface area contributed by atoms with E-state index in [1.54, 1.807) is 0 Å². The average Bonchev–Trinajstić information content (AvgIpc) is 3.10. The lowest BCUT2D eigenvalue weighted by Crippen LogP contribution is -2.53. The highest BCUT2D eigenvalue weighted by atomic mass is 16.2. The number of carbonyl (C=O) groups excluding carboxylic acids is 2. The fourth-order valence-corrected chi connectivity index (χ4v) is 3.70. The zero-order valence-corrected chi connectivity index (χ0v) is 13.4. The summed E-state index contributed by atoms with van der Waals surface area (Å²) in [7, 11) is 0. The molecule has 0 saturated carbocycles. The highest BCUT2D eigenvalue weighted by Crippen LogP contribution is 2.15. The van der Waals surface area contributed by atoms with Crippen molar-refractivity contribution in [3.8, 4) is 0 Å². The Kier molecular flexibility index (Phi) is 5.31. The van der Waals surface area contributed by atoms with Gasteiger partial charge >= 0.3 is 0 Å². The van der Waals surface area contributed by atoms with Crippen molar-refractivity contribution in [1.29, 1.82) is 0 Å². The molecule has 0 aromatic heterocycles. The molecule has 3 aliphatic heterocycles. The smallest absolute Gasteiger partial charge is 0.236 e. The number of likely N-dealkylation sites (tertiary alicyclic amines) is 1. The predicted molar refractivity (Wildman–Crippen MR) is 84.4 cm³/mol. The summed E-state index contributed by atoms with van der Waals surface area (Å²) in [6, 6.07) is 0. The van der Waals surface area contributed by atoms with Crippen LogP contribution in [0.1, 0.15) is 25.7 Å². The van der Waals surface area contributed by atoms with Crippen molar-refractivity contribution in [2.24, 2.45) is 5.92 Å². The maximum absolute atomic E-state index is 12.5. The molecule has 1 N–H and O–H groups in total. The Hall–Kier alpha value is -1.14. The first-order chi connectivity index (χ1) is 10.7. The summed E-state index contributed by atoms with van der Waals surface area (Å²) in [5, 5.41) is 3.31. The lowest BCUT2D eigenvalue weighted by molar-refractivity contribution is -0.138. The Morgan fingerprint density at radius 3 is 2.27 bits per heavy atom. The van der Waals surface area contributed by atoms with Crippen molar-refractivity contribution in [3.63, 3.8) is 0 Å². The standard InChI is InChI=1S/C16H28N4O2/c21-15(19-6-1-2-7-19)13-18-8-10-20(11-9-18)16(22)14-4-3-5-17-12-14/h14,17H,1-13H2. The Morgan fingerprint density at radius 1 is 0.909 bits per heavy atom. The molecule has 0 aromatic rings. The second kappa shape index (κ2) is 7.42. The van der Waals surface area contributed by atoms with Gasteiger partial charge in [0.15, 0.2) is 0 Å². The Bertz CT molecular complexity index is 395. The minimum absolute atomic E-state index is 0.159. The van der Waals surface area contributed by atoms with E-state index in [0.29, 0.717) is 12.5 Å². The third-order valence-corrected chi connectivity index (χ3v) is 5.15.